The van der Waals surface area contributed by atoms with Crippen molar-refractivity contribution in [1.82, 2.24) is 14.9 Å². The number of aromatic nitrogens is 2. The number of hydrogen-bond acceptors (Lipinski definition) is 4. The average molecular weight is 354 g/mol. The van der Waals surface area contributed by atoms with E-state index < -0.39 is 17.6 Å². The van der Waals surface area contributed by atoms with Gasteiger partial charge in [0.25, 0.3) is 0 Å². The quantitative estimate of drug-likeness (QED) is 0.792. The number of halogens is 4. The molecule has 1 saturated heterocycles. The van der Waals surface area contributed by atoms with Gasteiger partial charge in [-0.15, -0.1) is 0 Å². The van der Waals surface area contributed by atoms with Crippen LogP contribution in [0, 0.1) is 12.7 Å². The zero-order valence-corrected chi connectivity index (χ0v) is 13.7. The molecule has 25 heavy (non-hydrogen) atoms. The Morgan fingerprint density at radius 2 is 1.80 bits per heavy atom. The Balaban J connectivity index is 1.62. The van der Waals surface area contributed by atoms with E-state index in [1.54, 1.807) is 13.0 Å². The molecule has 0 amide bonds. The fraction of sp³-hybridized carbons (Fsp3) is 0.412. The number of piperazine rings is 1. The summed E-state index contributed by atoms with van der Waals surface area (Å²) >= 11 is 0. The summed E-state index contributed by atoms with van der Waals surface area (Å²) in [4.78, 5) is 11.7. The summed E-state index contributed by atoms with van der Waals surface area (Å²) in [5, 5.41) is 0. The van der Waals surface area contributed by atoms with Crippen molar-refractivity contribution >= 4 is 5.82 Å². The number of nitrogens with zero attached hydrogens (tertiary/aromatic N) is 4. The molecule has 0 spiro atoms. The van der Waals surface area contributed by atoms with E-state index in [1.165, 1.54) is 18.5 Å². The lowest BCUT2D eigenvalue weighted by Gasteiger charge is -2.35. The topological polar surface area (TPSA) is 32.3 Å². The summed E-state index contributed by atoms with van der Waals surface area (Å²) in [6, 6.07) is 5.37. The first-order chi connectivity index (χ1) is 11.8. The minimum Gasteiger partial charge on any atom is -0.352 e. The minimum atomic E-state index is -4.34. The lowest BCUT2D eigenvalue weighted by atomic mass is 10.1. The Labute approximate surface area is 143 Å². The molecule has 3 rings (SSSR count). The highest BCUT2D eigenvalue weighted by Crippen LogP contribution is 2.30. The van der Waals surface area contributed by atoms with Crippen LogP contribution in [0.25, 0.3) is 0 Å². The van der Waals surface area contributed by atoms with Gasteiger partial charge < -0.3 is 4.90 Å². The standard InChI is InChI=1S/C17H18F4N4/c1-12-15(18)16(23-11-22-12)25-7-5-24(6-8-25)10-13-3-2-4-14(9-13)17(19,20)21/h2-4,9,11H,5-8,10H2,1H3. The van der Waals surface area contributed by atoms with Gasteiger partial charge >= 0.3 is 6.18 Å². The van der Waals surface area contributed by atoms with Crippen LogP contribution in [0.4, 0.5) is 23.4 Å². The predicted molar refractivity (Wildman–Crippen MR) is 85.7 cm³/mol. The number of anilines is 1. The molecule has 0 atom stereocenters. The van der Waals surface area contributed by atoms with Crippen LogP contribution in [0.3, 0.4) is 0 Å². The van der Waals surface area contributed by atoms with Crippen LogP contribution in [0.1, 0.15) is 16.8 Å². The second-order valence-corrected chi connectivity index (χ2v) is 6.06. The fourth-order valence-corrected chi connectivity index (χ4v) is 2.89. The van der Waals surface area contributed by atoms with Crippen molar-refractivity contribution in [2.45, 2.75) is 19.6 Å². The third-order valence-electron chi connectivity index (χ3n) is 4.28. The highest BCUT2D eigenvalue weighted by atomic mass is 19.4. The van der Waals surface area contributed by atoms with Crippen molar-refractivity contribution in [1.29, 1.82) is 0 Å². The van der Waals surface area contributed by atoms with E-state index in [-0.39, 0.29) is 5.82 Å². The van der Waals surface area contributed by atoms with Gasteiger partial charge in [-0.3, -0.25) is 4.90 Å². The summed E-state index contributed by atoms with van der Waals surface area (Å²) in [7, 11) is 0. The highest BCUT2D eigenvalue weighted by Gasteiger charge is 2.30. The van der Waals surface area contributed by atoms with E-state index in [4.69, 9.17) is 0 Å². The molecule has 0 saturated carbocycles. The van der Waals surface area contributed by atoms with Gasteiger partial charge in [0.15, 0.2) is 11.6 Å². The first-order valence-corrected chi connectivity index (χ1v) is 7.95. The van der Waals surface area contributed by atoms with E-state index in [9.17, 15) is 17.6 Å². The van der Waals surface area contributed by atoms with Crippen molar-refractivity contribution < 1.29 is 17.6 Å². The molecule has 1 aromatic heterocycles. The van der Waals surface area contributed by atoms with Gasteiger partial charge in [-0.25, -0.2) is 14.4 Å². The molecule has 0 N–H and O–H groups in total. The maximum atomic E-state index is 14.1. The summed E-state index contributed by atoms with van der Waals surface area (Å²) in [5.74, 6) is -0.139. The normalized spacial score (nSPS) is 16.3. The maximum Gasteiger partial charge on any atom is 0.416 e. The Morgan fingerprint density at radius 1 is 1.08 bits per heavy atom. The van der Waals surface area contributed by atoms with Crippen LogP contribution in [0.15, 0.2) is 30.6 Å². The van der Waals surface area contributed by atoms with Gasteiger partial charge in [-0.1, -0.05) is 18.2 Å². The van der Waals surface area contributed by atoms with Crippen LogP contribution >= 0.6 is 0 Å². The van der Waals surface area contributed by atoms with E-state index in [2.05, 4.69) is 14.9 Å². The molecule has 1 aliphatic rings. The molecule has 0 bridgehead atoms. The van der Waals surface area contributed by atoms with Crippen molar-refractivity contribution in [3.05, 3.63) is 53.2 Å². The van der Waals surface area contributed by atoms with E-state index in [0.717, 1.165) is 6.07 Å². The number of benzene rings is 1. The van der Waals surface area contributed by atoms with E-state index >= 15 is 0 Å². The van der Waals surface area contributed by atoms with Crippen LogP contribution in [-0.4, -0.2) is 41.0 Å². The summed E-state index contributed by atoms with van der Waals surface area (Å²) in [6.07, 6.45) is -3.00. The molecule has 134 valence electrons. The molecular weight excluding hydrogens is 336 g/mol. The number of rotatable bonds is 3. The average Bonchev–Trinajstić information content (AvgIpc) is 2.58. The van der Waals surface area contributed by atoms with Crippen molar-refractivity contribution in [3.63, 3.8) is 0 Å². The number of hydrogen-bond donors (Lipinski definition) is 0. The molecule has 2 heterocycles. The first kappa shape index (κ1) is 17.6. The monoisotopic (exact) mass is 354 g/mol. The Bertz CT molecular complexity index is 740. The van der Waals surface area contributed by atoms with Gasteiger partial charge in [0.05, 0.1) is 11.3 Å². The van der Waals surface area contributed by atoms with Gasteiger partial charge in [0.2, 0.25) is 0 Å². The molecule has 8 heteroatoms. The largest absolute Gasteiger partial charge is 0.416 e. The van der Waals surface area contributed by atoms with Gasteiger partial charge in [0.1, 0.15) is 6.33 Å². The SMILES string of the molecule is Cc1ncnc(N2CCN(Cc3cccc(C(F)(F)F)c3)CC2)c1F. The van der Waals surface area contributed by atoms with Crippen molar-refractivity contribution in [3.8, 4) is 0 Å². The molecule has 4 nitrogen and oxygen atoms in total. The first-order valence-electron chi connectivity index (χ1n) is 7.95. The van der Waals surface area contributed by atoms with Crippen LogP contribution in [-0.2, 0) is 12.7 Å². The van der Waals surface area contributed by atoms with Gasteiger partial charge in [-0.2, -0.15) is 13.2 Å². The number of aryl methyl sites for hydroxylation is 1. The van der Waals surface area contributed by atoms with Crippen molar-refractivity contribution in [2.75, 3.05) is 31.1 Å². The molecular formula is C17H18F4N4. The van der Waals surface area contributed by atoms with Crippen LogP contribution in [0.2, 0.25) is 0 Å². The second-order valence-electron chi connectivity index (χ2n) is 6.06. The van der Waals surface area contributed by atoms with Gasteiger partial charge in [-0.05, 0) is 18.6 Å². The van der Waals surface area contributed by atoms with Crippen LogP contribution in [0.5, 0.6) is 0 Å². The highest BCUT2D eigenvalue weighted by molar-refractivity contribution is 5.41. The second kappa shape index (κ2) is 6.95. The molecule has 0 unspecified atom stereocenters. The summed E-state index contributed by atoms with van der Waals surface area (Å²) < 4.78 is 52.5. The minimum absolute atomic E-state index is 0.284. The third-order valence-corrected chi connectivity index (χ3v) is 4.28. The van der Waals surface area contributed by atoms with Crippen molar-refractivity contribution in [2.24, 2.45) is 0 Å². The Morgan fingerprint density at radius 3 is 2.48 bits per heavy atom. The molecule has 2 aromatic rings. The molecule has 0 aliphatic carbocycles. The lowest BCUT2D eigenvalue weighted by molar-refractivity contribution is -0.137. The zero-order chi connectivity index (χ0) is 18.0. The predicted octanol–water partition coefficient (Wildman–Crippen LogP) is 3.27. The molecule has 0 radical (unpaired) electrons. The van der Waals surface area contributed by atoms with E-state index in [0.29, 0.717) is 44.0 Å². The maximum absolute atomic E-state index is 14.1. The molecule has 1 aromatic carbocycles. The Kier molecular flexibility index (Phi) is 4.89. The smallest absolute Gasteiger partial charge is 0.352 e. The van der Waals surface area contributed by atoms with Gasteiger partial charge in [0, 0.05) is 32.7 Å². The summed E-state index contributed by atoms with van der Waals surface area (Å²) in [5.41, 5.74) is 0.283. The summed E-state index contributed by atoms with van der Waals surface area (Å²) in [6.45, 7) is 4.39. The van der Waals surface area contributed by atoms with Crippen LogP contribution < -0.4 is 4.90 Å². The number of alkyl halides is 3. The molecule has 1 fully saturated rings. The Hall–Kier alpha value is -2.22. The third kappa shape index (κ3) is 4.07. The fourth-order valence-electron chi connectivity index (χ4n) is 2.89. The zero-order valence-electron chi connectivity index (χ0n) is 13.7. The lowest BCUT2D eigenvalue weighted by Crippen LogP contribution is -2.46. The molecule has 1 aliphatic heterocycles. The van der Waals surface area contributed by atoms with E-state index in [1.807, 2.05) is 4.90 Å².